The zero-order chi connectivity index (χ0) is 10.0. The molecule has 1 aromatic carbocycles. The summed E-state index contributed by atoms with van der Waals surface area (Å²) >= 11 is 2.29. The van der Waals surface area contributed by atoms with Gasteiger partial charge in [0.05, 0.1) is 0 Å². The van der Waals surface area contributed by atoms with Gasteiger partial charge in [-0.15, -0.1) is 0 Å². The van der Waals surface area contributed by atoms with Crippen molar-refractivity contribution >= 4 is 34.2 Å². The van der Waals surface area contributed by atoms with Crippen LogP contribution in [0.25, 0.3) is 0 Å². The van der Waals surface area contributed by atoms with Crippen LogP contribution in [0.5, 0.6) is 0 Å². The van der Waals surface area contributed by atoms with E-state index in [0.717, 1.165) is 11.3 Å². The Hall–Kier alpha value is -0.580. The molecule has 1 aromatic rings. The molecule has 1 N–H and O–H groups in total. The molecule has 0 saturated carbocycles. The number of anilines is 1. The first-order chi connectivity index (χ1) is 6.00. The van der Waals surface area contributed by atoms with Gasteiger partial charge in [-0.1, -0.05) is 0 Å². The average Bonchev–Trinajstić information content (AvgIpc) is 1.99. The highest BCUT2D eigenvalue weighted by Crippen LogP contribution is 2.21. The van der Waals surface area contributed by atoms with Crippen molar-refractivity contribution in [3.63, 3.8) is 0 Å². The Morgan fingerprint density at radius 1 is 1.31 bits per heavy atom. The van der Waals surface area contributed by atoms with Gasteiger partial charge in [0.1, 0.15) is 0 Å². The zero-order valence-electron chi connectivity index (χ0n) is 7.94. The van der Waals surface area contributed by atoms with E-state index in [1.165, 1.54) is 16.1 Å². The largest absolute Gasteiger partial charge is 0.326 e. The molecule has 0 atom stereocenters. The number of rotatable bonds is 1. The lowest BCUT2D eigenvalue weighted by Gasteiger charge is -2.08. The second-order valence-corrected chi connectivity index (χ2v) is 4.26. The van der Waals surface area contributed by atoms with Crippen molar-refractivity contribution in [2.45, 2.75) is 20.8 Å². The number of hydrogen-bond donors (Lipinski definition) is 1. The maximum atomic E-state index is 10.8. The molecule has 0 aliphatic heterocycles. The molecule has 0 saturated heterocycles. The summed E-state index contributed by atoms with van der Waals surface area (Å²) in [5, 5.41) is 2.80. The summed E-state index contributed by atoms with van der Waals surface area (Å²) in [5.74, 6) is -0.0243. The van der Waals surface area contributed by atoms with E-state index in [-0.39, 0.29) is 5.91 Å². The molecule has 3 heteroatoms. The highest BCUT2D eigenvalue weighted by atomic mass is 127. The van der Waals surface area contributed by atoms with Crippen LogP contribution in [-0.4, -0.2) is 5.91 Å². The first kappa shape index (κ1) is 10.5. The average molecular weight is 289 g/mol. The maximum Gasteiger partial charge on any atom is 0.221 e. The van der Waals surface area contributed by atoms with Gasteiger partial charge in [-0.3, -0.25) is 4.79 Å². The van der Waals surface area contributed by atoms with E-state index in [9.17, 15) is 4.79 Å². The summed E-state index contributed by atoms with van der Waals surface area (Å²) in [5.41, 5.74) is 3.20. The Morgan fingerprint density at radius 3 is 2.46 bits per heavy atom. The minimum atomic E-state index is -0.0243. The predicted octanol–water partition coefficient (Wildman–Crippen LogP) is 2.87. The van der Waals surface area contributed by atoms with Crippen LogP contribution in [0.4, 0.5) is 5.69 Å². The molecule has 1 amide bonds. The van der Waals surface area contributed by atoms with E-state index in [0.29, 0.717) is 0 Å². The number of nitrogens with one attached hydrogen (secondary N) is 1. The Bertz CT molecular complexity index is 347. The standard InChI is InChI=1S/C10H12INO/c1-6-5-10(12-8(3)13)7(2)4-9(6)11/h4-5H,1-3H3,(H,12,13). The summed E-state index contributed by atoms with van der Waals surface area (Å²) in [6.07, 6.45) is 0. The van der Waals surface area contributed by atoms with Gasteiger partial charge >= 0.3 is 0 Å². The molecule has 13 heavy (non-hydrogen) atoms. The molecule has 0 fully saturated rings. The minimum absolute atomic E-state index is 0.0243. The molecule has 2 nitrogen and oxygen atoms in total. The lowest BCUT2D eigenvalue weighted by atomic mass is 10.1. The van der Waals surface area contributed by atoms with Crippen molar-refractivity contribution in [3.8, 4) is 0 Å². The lowest BCUT2D eigenvalue weighted by molar-refractivity contribution is -0.114. The van der Waals surface area contributed by atoms with Crippen molar-refractivity contribution in [3.05, 3.63) is 26.8 Å². The molecule has 0 aromatic heterocycles. The molecule has 70 valence electrons. The van der Waals surface area contributed by atoms with Crippen LogP contribution in [0, 0.1) is 17.4 Å². The molecular weight excluding hydrogens is 277 g/mol. The van der Waals surface area contributed by atoms with Crippen LogP contribution in [0.15, 0.2) is 12.1 Å². The van der Waals surface area contributed by atoms with Crippen LogP contribution < -0.4 is 5.32 Å². The number of halogens is 1. The SMILES string of the molecule is CC(=O)Nc1cc(C)c(I)cc1C. The van der Waals surface area contributed by atoms with Gasteiger partial charge in [0, 0.05) is 16.2 Å². The molecule has 0 heterocycles. The summed E-state index contributed by atoms with van der Waals surface area (Å²) in [6.45, 7) is 5.55. The molecular formula is C10H12INO. The van der Waals surface area contributed by atoms with E-state index >= 15 is 0 Å². The first-order valence-corrected chi connectivity index (χ1v) is 5.13. The number of carbonyl (C=O) groups excluding carboxylic acids is 1. The van der Waals surface area contributed by atoms with Crippen molar-refractivity contribution in [2.24, 2.45) is 0 Å². The molecule has 0 radical (unpaired) electrons. The third-order valence-corrected chi connectivity index (χ3v) is 2.98. The molecule has 0 unspecified atom stereocenters. The van der Waals surface area contributed by atoms with Crippen LogP contribution in [-0.2, 0) is 4.79 Å². The smallest absolute Gasteiger partial charge is 0.221 e. The highest BCUT2D eigenvalue weighted by molar-refractivity contribution is 14.1. The molecule has 1 rings (SSSR count). The van der Waals surface area contributed by atoms with Gasteiger partial charge in [0.25, 0.3) is 0 Å². The third-order valence-electron chi connectivity index (χ3n) is 1.82. The minimum Gasteiger partial charge on any atom is -0.326 e. The van der Waals surface area contributed by atoms with Crippen molar-refractivity contribution < 1.29 is 4.79 Å². The van der Waals surface area contributed by atoms with Gasteiger partial charge in [-0.2, -0.15) is 0 Å². The summed E-state index contributed by atoms with van der Waals surface area (Å²) < 4.78 is 1.23. The van der Waals surface area contributed by atoms with E-state index < -0.39 is 0 Å². The monoisotopic (exact) mass is 289 g/mol. The number of hydrogen-bond acceptors (Lipinski definition) is 1. The van der Waals surface area contributed by atoms with Crippen molar-refractivity contribution in [1.82, 2.24) is 0 Å². The fourth-order valence-electron chi connectivity index (χ4n) is 1.11. The Balaban J connectivity index is 3.08. The fourth-order valence-corrected chi connectivity index (χ4v) is 1.73. The fraction of sp³-hybridized carbons (Fsp3) is 0.300. The van der Waals surface area contributed by atoms with Crippen molar-refractivity contribution in [2.75, 3.05) is 5.32 Å². The summed E-state index contributed by atoms with van der Waals surface area (Å²) in [6, 6.07) is 4.07. The lowest BCUT2D eigenvalue weighted by Crippen LogP contribution is -2.07. The second kappa shape index (κ2) is 4.09. The summed E-state index contributed by atoms with van der Waals surface area (Å²) in [4.78, 5) is 10.8. The van der Waals surface area contributed by atoms with Crippen LogP contribution in [0.1, 0.15) is 18.1 Å². The van der Waals surface area contributed by atoms with Crippen LogP contribution in [0.3, 0.4) is 0 Å². The number of amides is 1. The first-order valence-electron chi connectivity index (χ1n) is 4.05. The third kappa shape index (κ3) is 2.69. The maximum absolute atomic E-state index is 10.8. The van der Waals surface area contributed by atoms with E-state index in [1.807, 2.05) is 19.9 Å². The number of aryl methyl sites for hydroxylation is 2. The zero-order valence-corrected chi connectivity index (χ0v) is 10.1. The van der Waals surface area contributed by atoms with Gasteiger partial charge in [-0.05, 0) is 59.7 Å². The Morgan fingerprint density at radius 2 is 1.92 bits per heavy atom. The number of carbonyl (C=O) groups is 1. The molecule has 0 bridgehead atoms. The quantitative estimate of drug-likeness (QED) is 0.791. The second-order valence-electron chi connectivity index (χ2n) is 3.10. The van der Waals surface area contributed by atoms with E-state index in [1.54, 1.807) is 0 Å². The van der Waals surface area contributed by atoms with Crippen LogP contribution in [0.2, 0.25) is 0 Å². The number of benzene rings is 1. The topological polar surface area (TPSA) is 29.1 Å². The van der Waals surface area contributed by atoms with E-state index in [4.69, 9.17) is 0 Å². The van der Waals surface area contributed by atoms with Gasteiger partial charge in [0.2, 0.25) is 5.91 Å². The van der Waals surface area contributed by atoms with Crippen molar-refractivity contribution in [1.29, 1.82) is 0 Å². The molecule has 0 aliphatic carbocycles. The Kier molecular flexibility index (Phi) is 3.30. The Labute approximate surface area is 91.9 Å². The van der Waals surface area contributed by atoms with E-state index in [2.05, 4.69) is 34.0 Å². The predicted molar refractivity (Wildman–Crippen MR) is 62.9 cm³/mol. The van der Waals surface area contributed by atoms with Crippen LogP contribution >= 0.6 is 22.6 Å². The summed E-state index contributed by atoms with van der Waals surface area (Å²) in [7, 11) is 0. The molecule has 0 aliphatic rings. The normalized spacial score (nSPS) is 9.85. The van der Waals surface area contributed by atoms with Gasteiger partial charge < -0.3 is 5.32 Å². The van der Waals surface area contributed by atoms with Gasteiger partial charge in [0.15, 0.2) is 0 Å². The highest BCUT2D eigenvalue weighted by Gasteiger charge is 2.03. The molecule has 0 spiro atoms. The van der Waals surface area contributed by atoms with Gasteiger partial charge in [-0.25, -0.2) is 0 Å².